The molecule has 130 valence electrons. The summed E-state index contributed by atoms with van der Waals surface area (Å²) in [6.45, 7) is 3.05. The Morgan fingerprint density at radius 3 is 2.79 bits per heavy atom. The van der Waals surface area contributed by atoms with Crippen LogP contribution < -0.4 is 10.5 Å². The number of nitrogens with one attached hydrogen (secondary N) is 1. The topological polar surface area (TPSA) is 101 Å². The summed E-state index contributed by atoms with van der Waals surface area (Å²) in [4.78, 5) is 10.7. The van der Waals surface area contributed by atoms with Gasteiger partial charge in [0, 0.05) is 26.0 Å². The standard InChI is InChI=1S/C15H21N5O2S2/c1-11-19-13(10-23-11)9-20(3)15(17-2)18-8-12-5-4-6-14(7-12)24(16,21)22/h4-7,10H,8-9H2,1-3H3,(H,17,18)(H2,16,21,22). The van der Waals surface area contributed by atoms with Crippen LogP contribution in [0.4, 0.5) is 0 Å². The van der Waals surface area contributed by atoms with E-state index in [1.807, 2.05) is 30.3 Å². The van der Waals surface area contributed by atoms with Crippen molar-refractivity contribution in [3.8, 4) is 0 Å². The minimum atomic E-state index is -3.70. The molecule has 0 aliphatic heterocycles. The van der Waals surface area contributed by atoms with Gasteiger partial charge >= 0.3 is 0 Å². The molecular formula is C15H21N5O2S2. The summed E-state index contributed by atoms with van der Waals surface area (Å²) < 4.78 is 22.8. The fraction of sp³-hybridized carbons (Fsp3) is 0.333. The maximum atomic E-state index is 11.4. The highest BCUT2D eigenvalue weighted by Gasteiger charge is 2.10. The Kier molecular flexibility index (Phi) is 5.92. The number of nitrogens with zero attached hydrogens (tertiary/aromatic N) is 3. The Bertz CT molecular complexity index is 830. The summed E-state index contributed by atoms with van der Waals surface area (Å²) in [5.74, 6) is 0.696. The third-order valence-electron chi connectivity index (χ3n) is 3.32. The van der Waals surface area contributed by atoms with E-state index in [0.717, 1.165) is 16.3 Å². The largest absolute Gasteiger partial charge is 0.352 e. The molecule has 0 bridgehead atoms. The lowest BCUT2D eigenvalue weighted by molar-refractivity contribution is 0.470. The SMILES string of the molecule is CN=C(NCc1cccc(S(N)(=O)=O)c1)N(C)Cc1csc(C)n1. The molecule has 0 atom stereocenters. The maximum absolute atomic E-state index is 11.4. The number of hydrogen-bond donors (Lipinski definition) is 2. The van der Waals surface area contributed by atoms with Gasteiger partial charge in [-0.15, -0.1) is 11.3 Å². The molecule has 2 rings (SSSR count). The summed E-state index contributed by atoms with van der Waals surface area (Å²) in [6.07, 6.45) is 0. The van der Waals surface area contributed by atoms with Crippen molar-refractivity contribution in [2.24, 2.45) is 10.1 Å². The van der Waals surface area contributed by atoms with Crippen molar-refractivity contribution in [3.05, 3.63) is 45.9 Å². The molecule has 0 radical (unpaired) electrons. The van der Waals surface area contributed by atoms with Crippen molar-refractivity contribution in [1.29, 1.82) is 0 Å². The highest BCUT2D eigenvalue weighted by molar-refractivity contribution is 7.89. The molecular weight excluding hydrogens is 346 g/mol. The van der Waals surface area contributed by atoms with E-state index in [1.54, 1.807) is 30.5 Å². The molecule has 2 aromatic rings. The first-order valence-electron chi connectivity index (χ1n) is 7.24. The minimum absolute atomic E-state index is 0.100. The Morgan fingerprint density at radius 2 is 2.21 bits per heavy atom. The summed E-state index contributed by atoms with van der Waals surface area (Å²) in [5.41, 5.74) is 1.79. The number of hydrogen-bond acceptors (Lipinski definition) is 5. The molecule has 0 saturated carbocycles. The number of guanidine groups is 1. The molecule has 1 heterocycles. The first-order valence-corrected chi connectivity index (χ1v) is 9.66. The Labute approximate surface area is 146 Å². The highest BCUT2D eigenvalue weighted by Crippen LogP contribution is 2.11. The number of primary sulfonamides is 1. The van der Waals surface area contributed by atoms with Crippen LogP contribution in [0.3, 0.4) is 0 Å². The third kappa shape index (κ3) is 5.02. The molecule has 24 heavy (non-hydrogen) atoms. The smallest absolute Gasteiger partial charge is 0.238 e. The third-order valence-corrected chi connectivity index (χ3v) is 5.05. The van der Waals surface area contributed by atoms with Crippen molar-refractivity contribution in [3.63, 3.8) is 0 Å². The van der Waals surface area contributed by atoms with E-state index in [0.29, 0.717) is 19.0 Å². The number of nitrogens with two attached hydrogens (primary N) is 1. The Balaban J connectivity index is 2.01. The number of aliphatic imine (C=N–C) groups is 1. The lowest BCUT2D eigenvalue weighted by atomic mass is 10.2. The first kappa shape index (κ1) is 18.4. The monoisotopic (exact) mass is 367 g/mol. The quantitative estimate of drug-likeness (QED) is 0.613. The number of sulfonamides is 1. The predicted molar refractivity (Wildman–Crippen MR) is 96.3 cm³/mol. The number of benzene rings is 1. The zero-order valence-electron chi connectivity index (χ0n) is 13.9. The van der Waals surface area contributed by atoms with E-state index in [9.17, 15) is 8.42 Å². The zero-order chi connectivity index (χ0) is 17.7. The molecule has 0 aliphatic rings. The van der Waals surface area contributed by atoms with Crippen LogP contribution in [0, 0.1) is 6.92 Å². The fourth-order valence-electron chi connectivity index (χ4n) is 2.20. The molecule has 1 aromatic heterocycles. The molecule has 0 spiro atoms. The van der Waals surface area contributed by atoms with Gasteiger partial charge in [0.1, 0.15) is 0 Å². The second-order valence-corrected chi connectivity index (χ2v) is 7.93. The molecule has 0 saturated heterocycles. The van der Waals surface area contributed by atoms with E-state index in [-0.39, 0.29) is 4.90 Å². The van der Waals surface area contributed by atoms with Gasteiger partial charge in [0.15, 0.2) is 5.96 Å². The van der Waals surface area contributed by atoms with Crippen LogP contribution in [0.1, 0.15) is 16.3 Å². The predicted octanol–water partition coefficient (Wildman–Crippen LogP) is 1.31. The van der Waals surface area contributed by atoms with Crippen molar-refractivity contribution >= 4 is 27.3 Å². The van der Waals surface area contributed by atoms with Crippen LogP contribution in [-0.4, -0.2) is 38.4 Å². The first-order chi connectivity index (χ1) is 11.3. The summed E-state index contributed by atoms with van der Waals surface area (Å²) in [7, 11) is -0.0780. The van der Waals surface area contributed by atoms with Crippen molar-refractivity contribution < 1.29 is 8.42 Å². The molecule has 3 N–H and O–H groups in total. The zero-order valence-corrected chi connectivity index (χ0v) is 15.5. The van der Waals surface area contributed by atoms with Crippen LogP contribution in [0.25, 0.3) is 0 Å². The lowest BCUT2D eigenvalue weighted by Crippen LogP contribution is -2.38. The van der Waals surface area contributed by atoms with Crippen LogP contribution in [0.2, 0.25) is 0 Å². The van der Waals surface area contributed by atoms with Crippen LogP contribution in [0.5, 0.6) is 0 Å². The average Bonchev–Trinajstić information content (AvgIpc) is 2.92. The van der Waals surface area contributed by atoms with Gasteiger partial charge in [-0.25, -0.2) is 18.5 Å². The average molecular weight is 368 g/mol. The Hall–Kier alpha value is -1.97. The van der Waals surface area contributed by atoms with E-state index in [4.69, 9.17) is 5.14 Å². The minimum Gasteiger partial charge on any atom is -0.352 e. The molecule has 0 aliphatic carbocycles. The van der Waals surface area contributed by atoms with E-state index in [1.165, 1.54) is 6.07 Å². The highest BCUT2D eigenvalue weighted by atomic mass is 32.2. The molecule has 0 fully saturated rings. The molecule has 0 unspecified atom stereocenters. The summed E-state index contributed by atoms with van der Waals surface area (Å²) in [5, 5.41) is 11.4. The molecule has 1 aromatic carbocycles. The van der Waals surface area contributed by atoms with Crippen LogP contribution >= 0.6 is 11.3 Å². The maximum Gasteiger partial charge on any atom is 0.238 e. The van der Waals surface area contributed by atoms with Gasteiger partial charge < -0.3 is 10.2 Å². The van der Waals surface area contributed by atoms with Gasteiger partial charge in [-0.1, -0.05) is 12.1 Å². The second kappa shape index (κ2) is 7.73. The Morgan fingerprint density at radius 1 is 1.46 bits per heavy atom. The van der Waals surface area contributed by atoms with Gasteiger partial charge in [0.05, 0.1) is 22.1 Å². The van der Waals surface area contributed by atoms with Gasteiger partial charge in [-0.2, -0.15) is 0 Å². The van der Waals surface area contributed by atoms with Crippen molar-refractivity contribution in [2.75, 3.05) is 14.1 Å². The molecule has 0 amide bonds. The van der Waals surface area contributed by atoms with E-state index >= 15 is 0 Å². The summed E-state index contributed by atoms with van der Waals surface area (Å²) in [6, 6.07) is 6.53. The number of thiazole rings is 1. The lowest BCUT2D eigenvalue weighted by Gasteiger charge is -2.21. The van der Waals surface area contributed by atoms with Crippen LogP contribution in [0.15, 0.2) is 39.5 Å². The fourth-order valence-corrected chi connectivity index (χ4v) is 3.38. The van der Waals surface area contributed by atoms with Gasteiger partial charge in [-0.05, 0) is 24.6 Å². The van der Waals surface area contributed by atoms with E-state index in [2.05, 4.69) is 15.3 Å². The van der Waals surface area contributed by atoms with Gasteiger partial charge in [0.25, 0.3) is 0 Å². The number of rotatable bonds is 5. The van der Waals surface area contributed by atoms with Crippen LogP contribution in [-0.2, 0) is 23.1 Å². The summed E-state index contributed by atoms with van der Waals surface area (Å²) >= 11 is 1.61. The number of aromatic nitrogens is 1. The number of aryl methyl sites for hydroxylation is 1. The van der Waals surface area contributed by atoms with Gasteiger partial charge in [0.2, 0.25) is 10.0 Å². The molecule has 9 heteroatoms. The van der Waals surface area contributed by atoms with Crippen molar-refractivity contribution in [1.82, 2.24) is 15.2 Å². The molecule has 7 nitrogen and oxygen atoms in total. The second-order valence-electron chi connectivity index (χ2n) is 5.31. The van der Waals surface area contributed by atoms with Crippen molar-refractivity contribution in [2.45, 2.75) is 24.9 Å². The normalized spacial score (nSPS) is 12.2. The van der Waals surface area contributed by atoms with E-state index < -0.39 is 10.0 Å². The van der Waals surface area contributed by atoms with Gasteiger partial charge in [-0.3, -0.25) is 4.99 Å².